The van der Waals surface area contributed by atoms with Gasteiger partial charge in [0.15, 0.2) is 5.75 Å². The number of benzene rings is 1. The molecule has 0 amide bonds. The first-order valence-corrected chi connectivity index (χ1v) is 7.12. The number of hydrogen-bond acceptors (Lipinski definition) is 7. The van der Waals surface area contributed by atoms with E-state index in [0.717, 1.165) is 0 Å². The highest BCUT2D eigenvalue weighted by molar-refractivity contribution is 6.01. The quantitative estimate of drug-likeness (QED) is 0.714. The minimum absolute atomic E-state index is 0.175. The van der Waals surface area contributed by atoms with Crippen molar-refractivity contribution in [2.24, 2.45) is 19.1 Å². The predicted molar refractivity (Wildman–Crippen MR) is 87.2 cm³/mol. The van der Waals surface area contributed by atoms with E-state index >= 15 is 0 Å². The van der Waals surface area contributed by atoms with E-state index in [1.165, 1.54) is 16.4 Å². The fourth-order valence-electron chi connectivity index (χ4n) is 2.26. The summed E-state index contributed by atoms with van der Waals surface area (Å²) in [6.07, 6.45) is 0. The van der Waals surface area contributed by atoms with Crippen LogP contribution in [-0.4, -0.2) is 40.8 Å². The average Bonchev–Trinajstić information content (AvgIpc) is 2.97. The Kier molecular flexibility index (Phi) is 3.90. The Morgan fingerprint density at radius 2 is 1.88 bits per heavy atom. The highest BCUT2D eigenvalue weighted by Crippen LogP contribution is 2.28. The third-order valence-corrected chi connectivity index (χ3v) is 3.49. The van der Waals surface area contributed by atoms with Crippen molar-refractivity contribution in [1.29, 1.82) is 0 Å². The van der Waals surface area contributed by atoms with E-state index in [-0.39, 0.29) is 23.0 Å². The minimum atomic E-state index is -0.393. The van der Waals surface area contributed by atoms with Crippen molar-refractivity contribution in [3.05, 3.63) is 46.4 Å². The van der Waals surface area contributed by atoms with Crippen LogP contribution in [0.25, 0.3) is 11.1 Å². The molecule has 122 valence electrons. The Bertz CT molecular complexity index is 973. The van der Waals surface area contributed by atoms with Gasteiger partial charge in [-0.1, -0.05) is 35.4 Å². The molecule has 2 aromatic heterocycles. The lowest BCUT2D eigenvalue weighted by Gasteiger charge is -2.10. The van der Waals surface area contributed by atoms with Crippen molar-refractivity contribution >= 4 is 11.7 Å². The van der Waals surface area contributed by atoms with Gasteiger partial charge in [0.1, 0.15) is 5.69 Å². The third kappa shape index (κ3) is 2.67. The largest absolute Gasteiger partial charge is 0.505 e. The van der Waals surface area contributed by atoms with E-state index in [1.807, 2.05) is 6.07 Å². The SMILES string of the molecule is CC(=Nc1nnnn1C)c1nn(C)c(=O)c(-c2ccccc2)c1O. The monoisotopic (exact) mass is 325 g/mol. The molecular formula is C15H15N7O2. The summed E-state index contributed by atoms with van der Waals surface area (Å²) in [6.45, 7) is 1.66. The zero-order valence-corrected chi connectivity index (χ0v) is 13.4. The number of rotatable bonds is 3. The van der Waals surface area contributed by atoms with Crippen LogP contribution < -0.4 is 5.56 Å². The molecule has 1 N–H and O–H groups in total. The molecule has 2 heterocycles. The average molecular weight is 325 g/mol. The fourth-order valence-corrected chi connectivity index (χ4v) is 2.26. The Morgan fingerprint density at radius 3 is 2.50 bits per heavy atom. The van der Waals surface area contributed by atoms with E-state index in [9.17, 15) is 9.90 Å². The Morgan fingerprint density at radius 1 is 1.17 bits per heavy atom. The van der Waals surface area contributed by atoms with Crippen LogP contribution in [0.4, 0.5) is 5.95 Å². The molecule has 0 atom stereocenters. The van der Waals surface area contributed by atoms with Crippen LogP contribution >= 0.6 is 0 Å². The second-order valence-corrected chi connectivity index (χ2v) is 5.17. The maximum absolute atomic E-state index is 12.4. The summed E-state index contributed by atoms with van der Waals surface area (Å²) in [5.41, 5.74) is 0.967. The molecule has 0 fully saturated rings. The highest BCUT2D eigenvalue weighted by atomic mass is 16.3. The number of aromatic hydroxyl groups is 1. The van der Waals surface area contributed by atoms with E-state index in [1.54, 1.807) is 38.2 Å². The van der Waals surface area contributed by atoms with Gasteiger partial charge in [-0.15, -0.1) is 0 Å². The van der Waals surface area contributed by atoms with Crippen molar-refractivity contribution in [3.63, 3.8) is 0 Å². The van der Waals surface area contributed by atoms with Gasteiger partial charge in [0.2, 0.25) is 0 Å². The summed E-state index contributed by atoms with van der Waals surface area (Å²) < 4.78 is 2.56. The van der Waals surface area contributed by atoms with Crippen LogP contribution in [-0.2, 0) is 14.1 Å². The van der Waals surface area contributed by atoms with Gasteiger partial charge in [-0.3, -0.25) is 4.79 Å². The van der Waals surface area contributed by atoms with Crippen molar-refractivity contribution < 1.29 is 5.11 Å². The molecule has 0 spiro atoms. The fraction of sp³-hybridized carbons (Fsp3) is 0.200. The molecule has 0 bridgehead atoms. The number of aromatic nitrogens is 6. The summed E-state index contributed by atoms with van der Waals surface area (Å²) >= 11 is 0. The molecule has 24 heavy (non-hydrogen) atoms. The van der Waals surface area contributed by atoms with E-state index in [4.69, 9.17) is 0 Å². The number of aliphatic imine (C=N–C) groups is 1. The van der Waals surface area contributed by atoms with Crippen molar-refractivity contribution in [1.82, 2.24) is 30.0 Å². The Balaban J connectivity index is 2.20. The van der Waals surface area contributed by atoms with Crippen LogP contribution in [0.15, 0.2) is 40.1 Å². The van der Waals surface area contributed by atoms with Crippen LogP contribution in [0.1, 0.15) is 12.6 Å². The third-order valence-electron chi connectivity index (χ3n) is 3.49. The van der Waals surface area contributed by atoms with Crippen molar-refractivity contribution in [2.45, 2.75) is 6.92 Å². The molecular weight excluding hydrogens is 310 g/mol. The zero-order valence-electron chi connectivity index (χ0n) is 13.4. The van der Waals surface area contributed by atoms with E-state index < -0.39 is 5.56 Å². The van der Waals surface area contributed by atoms with Gasteiger partial charge in [-0.25, -0.2) is 14.4 Å². The van der Waals surface area contributed by atoms with E-state index in [0.29, 0.717) is 11.3 Å². The first-order chi connectivity index (χ1) is 11.5. The molecule has 9 heteroatoms. The lowest BCUT2D eigenvalue weighted by atomic mass is 10.0. The smallest absolute Gasteiger partial charge is 0.278 e. The van der Waals surface area contributed by atoms with Gasteiger partial charge in [-0.2, -0.15) is 5.10 Å². The van der Waals surface area contributed by atoms with Gasteiger partial charge in [0, 0.05) is 14.1 Å². The lowest BCUT2D eigenvalue weighted by molar-refractivity contribution is 0.465. The molecule has 3 rings (SSSR count). The first kappa shape index (κ1) is 15.5. The number of tetrazole rings is 1. The molecule has 1 aromatic carbocycles. The van der Waals surface area contributed by atoms with Crippen LogP contribution in [0.3, 0.4) is 0 Å². The van der Waals surface area contributed by atoms with Crippen LogP contribution in [0.5, 0.6) is 5.75 Å². The predicted octanol–water partition coefficient (Wildman–Crippen LogP) is 0.817. The molecule has 3 aromatic rings. The zero-order chi connectivity index (χ0) is 17.3. The number of hydrogen-bond donors (Lipinski definition) is 1. The molecule has 0 saturated heterocycles. The summed E-state index contributed by atoms with van der Waals surface area (Å²) in [5.74, 6) is 0.0458. The van der Waals surface area contributed by atoms with Gasteiger partial charge in [0.25, 0.3) is 11.5 Å². The van der Waals surface area contributed by atoms with Gasteiger partial charge in [0.05, 0.1) is 11.3 Å². The van der Waals surface area contributed by atoms with Gasteiger partial charge in [-0.05, 0) is 22.9 Å². The summed E-state index contributed by atoms with van der Waals surface area (Å²) in [7, 11) is 3.17. The summed E-state index contributed by atoms with van der Waals surface area (Å²) in [6, 6.07) is 8.92. The van der Waals surface area contributed by atoms with E-state index in [2.05, 4.69) is 25.6 Å². The lowest BCUT2D eigenvalue weighted by Crippen LogP contribution is -2.24. The van der Waals surface area contributed by atoms with Crippen LogP contribution in [0, 0.1) is 0 Å². The Hall–Kier alpha value is -3.36. The van der Waals surface area contributed by atoms with Gasteiger partial charge >= 0.3 is 0 Å². The molecule has 0 aliphatic heterocycles. The molecule has 9 nitrogen and oxygen atoms in total. The number of nitrogens with zero attached hydrogens (tertiary/aromatic N) is 7. The highest BCUT2D eigenvalue weighted by Gasteiger charge is 2.19. The summed E-state index contributed by atoms with van der Waals surface area (Å²) in [4.78, 5) is 16.7. The van der Waals surface area contributed by atoms with Crippen molar-refractivity contribution in [2.75, 3.05) is 0 Å². The summed E-state index contributed by atoms with van der Waals surface area (Å²) in [5, 5.41) is 25.7. The second-order valence-electron chi connectivity index (χ2n) is 5.17. The normalized spacial score (nSPS) is 11.7. The molecule has 0 unspecified atom stereocenters. The first-order valence-electron chi connectivity index (χ1n) is 7.12. The minimum Gasteiger partial charge on any atom is -0.505 e. The maximum atomic E-state index is 12.4. The molecule has 0 saturated carbocycles. The second kappa shape index (κ2) is 6.03. The van der Waals surface area contributed by atoms with Gasteiger partial charge < -0.3 is 5.11 Å². The maximum Gasteiger partial charge on any atom is 0.278 e. The standard InChI is InChI=1S/C15H15N7O2/c1-9(16-15-17-19-20-22(15)3)12-13(23)11(14(24)21(2)18-12)10-7-5-4-6-8-10/h4-8,23H,1-3H3. The molecule has 0 aliphatic rings. The molecule has 0 aliphatic carbocycles. The molecule has 0 radical (unpaired) electrons. The van der Waals surface area contributed by atoms with Crippen molar-refractivity contribution in [3.8, 4) is 16.9 Å². The Labute approximate surface area is 136 Å². The number of aryl methyl sites for hydroxylation is 2. The van der Waals surface area contributed by atoms with Crippen LogP contribution in [0.2, 0.25) is 0 Å². The topological polar surface area (TPSA) is 111 Å².